The number of carbonyl (C=O) groups excluding carboxylic acids is 2. The van der Waals surface area contributed by atoms with Crippen molar-refractivity contribution in [1.29, 1.82) is 0 Å². The third-order valence-corrected chi connectivity index (χ3v) is 5.41. The molecule has 10 nitrogen and oxygen atoms in total. The Morgan fingerprint density at radius 3 is 2.24 bits per heavy atom. The monoisotopic (exact) mass is 471 g/mol. The maximum absolute atomic E-state index is 12.9. The van der Waals surface area contributed by atoms with E-state index in [1.807, 2.05) is 19.0 Å². The van der Waals surface area contributed by atoms with Gasteiger partial charge in [-0.2, -0.15) is 0 Å². The fraction of sp³-hybridized carbons (Fsp3) is 0.417. The number of methoxy groups -OCH3 is 2. The van der Waals surface area contributed by atoms with Crippen molar-refractivity contribution >= 4 is 29.0 Å². The van der Waals surface area contributed by atoms with E-state index >= 15 is 0 Å². The highest BCUT2D eigenvalue weighted by molar-refractivity contribution is 6.04. The molecule has 0 atom stereocenters. The van der Waals surface area contributed by atoms with E-state index in [0.29, 0.717) is 35.0 Å². The van der Waals surface area contributed by atoms with Gasteiger partial charge >= 0.3 is 6.03 Å². The van der Waals surface area contributed by atoms with Gasteiger partial charge in [0.2, 0.25) is 0 Å². The molecule has 34 heavy (non-hydrogen) atoms. The van der Waals surface area contributed by atoms with Crippen LogP contribution in [-0.4, -0.2) is 84.5 Å². The van der Waals surface area contributed by atoms with E-state index < -0.39 is 6.03 Å². The fourth-order valence-electron chi connectivity index (χ4n) is 3.61. The predicted molar refractivity (Wildman–Crippen MR) is 133 cm³/mol. The number of nitrogens with zero attached hydrogens (tertiary/aromatic N) is 2. The summed E-state index contributed by atoms with van der Waals surface area (Å²) in [6.45, 7) is 4.46. The van der Waals surface area contributed by atoms with Crippen LogP contribution in [0.5, 0.6) is 11.5 Å². The van der Waals surface area contributed by atoms with Gasteiger partial charge in [-0.25, -0.2) is 4.79 Å². The van der Waals surface area contributed by atoms with E-state index in [2.05, 4.69) is 20.9 Å². The van der Waals surface area contributed by atoms with Crippen LogP contribution < -0.4 is 30.3 Å². The Hall–Kier alpha value is -3.50. The number of urea groups is 1. The highest BCUT2D eigenvalue weighted by atomic mass is 16.5. The average Bonchev–Trinajstić information content (AvgIpc) is 2.84. The number of morpholine rings is 1. The van der Waals surface area contributed by atoms with E-state index in [0.717, 1.165) is 38.5 Å². The molecule has 0 radical (unpaired) electrons. The maximum Gasteiger partial charge on any atom is 0.323 e. The molecule has 184 valence electrons. The summed E-state index contributed by atoms with van der Waals surface area (Å²) in [7, 11) is 6.82. The first kappa shape index (κ1) is 25.1. The van der Waals surface area contributed by atoms with Gasteiger partial charge in [-0.05, 0) is 18.2 Å². The van der Waals surface area contributed by atoms with Crippen LogP contribution in [0, 0.1) is 0 Å². The van der Waals surface area contributed by atoms with Gasteiger partial charge in [-0.1, -0.05) is 0 Å². The number of hydrogen-bond donors (Lipinski definition) is 3. The number of nitrogens with one attached hydrogen (secondary N) is 3. The van der Waals surface area contributed by atoms with Crippen molar-refractivity contribution < 1.29 is 23.8 Å². The van der Waals surface area contributed by atoms with Crippen molar-refractivity contribution in [3.63, 3.8) is 0 Å². The summed E-state index contributed by atoms with van der Waals surface area (Å²) >= 11 is 0. The first-order chi connectivity index (χ1) is 16.4. The lowest BCUT2D eigenvalue weighted by Crippen LogP contribution is -2.41. The zero-order valence-corrected chi connectivity index (χ0v) is 20.1. The van der Waals surface area contributed by atoms with Crippen LogP contribution >= 0.6 is 0 Å². The molecule has 3 N–H and O–H groups in total. The second kappa shape index (κ2) is 12.1. The number of amides is 3. The highest BCUT2D eigenvalue weighted by Gasteiger charge is 2.16. The standard InChI is InChI=1S/C24H33N5O5/c1-28(2)22-6-5-17(15-21(22)23(30)25-7-8-29-9-11-34-12-10-29)26-24(31)27-18-13-19(32-3)16-20(14-18)33-4/h5-6,13-16H,7-12H2,1-4H3,(H,25,30)(H2,26,27,31). The second-order valence-electron chi connectivity index (χ2n) is 8.02. The van der Waals surface area contributed by atoms with Crippen LogP contribution in [0.2, 0.25) is 0 Å². The van der Waals surface area contributed by atoms with Crippen LogP contribution in [0.1, 0.15) is 10.4 Å². The Kier molecular flexibility index (Phi) is 8.94. The molecule has 10 heteroatoms. The molecule has 1 aliphatic heterocycles. The van der Waals surface area contributed by atoms with Gasteiger partial charge in [0.25, 0.3) is 5.91 Å². The Morgan fingerprint density at radius 1 is 0.971 bits per heavy atom. The van der Waals surface area contributed by atoms with E-state index in [1.54, 1.807) is 50.6 Å². The largest absolute Gasteiger partial charge is 0.497 e. The second-order valence-corrected chi connectivity index (χ2v) is 8.02. The van der Waals surface area contributed by atoms with E-state index in [9.17, 15) is 9.59 Å². The molecule has 1 saturated heterocycles. The molecular weight excluding hydrogens is 438 g/mol. The normalized spacial score (nSPS) is 13.6. The summed E-state index contributed by atoms with van der Waals surface area (Å²) < 4.78 is 15.8. The lowest BCUT2D eigenvalue weighted by molar-refractivity contribution is 0.0383. The van der Waals surface area contributed by atoms with Gasteiger partial charge in [-0.3, -0.25) is 9.69 Å². The number of carbonyl (C=O) groups is 2. The molecule has 0 spiro atoms. The topological polar surface area (TPSA) is 104 Å². The molecule has 0 aromatic heterocycles. The predicted octanol–water partition coefficient (Wildman–Crippen LogP) is 2.48. The smallest absolute Gasteiger partial charge is 0.323 e. The van der Waals surface area contributed by atoms with E-state index in [4.69, 9.17) is 14.2 Å². The van der Waals surface area contributed by atoms with Gasteiger partial charge in [0.1, 0.15) is 11.5 Å². The number of benzene rings is 2. The van der Waals surface area contributed by atoms with Crippen LogP contribution in [0.25, 0.3) is 0 Å². The minimum atomic E-state index is -0.452. The SMILES string of the molecule is COc1cc(NC(=O)Nc2ccc(N(C)C)c(C(=O)NCCN3CCOCC3)c2)cc(OC)c1. The van der Waals surface area contributed by atoms with Crippen molar-refractivity contribution in [2.24, 2.45) is 0 Å². The van der Waals surface area contributed by atoms with Crippen molar-refractivity contribution in [2.75, 3.05) is 83.2 Å². The third kappa shape index (κ3) is 7.00. The fourth-order valence-corrected chi connectivity index (χ4v) is 3.61. The van der Waals surface area contributed by atoms with Crippen molar-refractivity contribution in [3.8, 4) is 11.5 Å². The van der Waals surface area contributed by atoms with Crippen LogP contribution in [0.15, 0.2) is 36.4 Å². The number of ether oxygens (including phenoxy) is 3. The first-order valence-electron chi connectivity index (χ1n) is 11.1. The number of rotatable bonds is 9. The highest BCUT2D eigenvalue weighted by Crippen LogP contribution is 2.26. The summed E-state index contributed by atoms with van der Waals surface area (Å²) in [5.74, 6) is 0.917. The molecule has 1 fully saturated rings. The Morgan fingerprint density at radius 2 is 1.62 bits per heavy atom. The molecule has 0 bridgehead atoms. The van der Waals surface area contributed by atoms with Gasteiger partial charge in [0, 0.05) is 75.5 Å². The molecule has 0 aliphatic carbocycles. The lowest BCUT2D eigenvalue weighted by Gasteiger charge is -2.26. The minimum Gasteiger partial charge on any atom is -0.497 e. The Bertz CT molecular complexity index is 969. The molecule has 0 unspecified atom stereocenters. The van der Waals surface area contributed by atoms with Crippen molar-refractivity contribution in [3.05, 3.63) is 42.0 Å². The maximum atomic E-state index is 12.9. The van der Waals surface area contributed by atoms with Crippen LogP contribution in [0.4, 0.5) is 21.9 Å². The van der Waals surface area contributed by atoms with Crippen LogP contribution in [-0.2, 0) is 4.74 Å². The van der Waals surface area contributed by atoms with Gasteiger partial charge in [-0.15, -0.1) is 0 Å². The minimum absolute atomic E-state index is 0.196. The van der Waals surface area contributed by atoms with E-state index in [-0.39, 0.29) is 5.91 Å². The lowest BCUT2D eigenvalue weighted by atomic mass is 10.1. The van der Waals surface area contributed by atoms with Crippen molar-refractivity contribution in [2.45, 2.75) is 0 Å². The summed E-state index contributed by atoms with van der Waals surface area (Å²) in [5, 5.41) is 8.53. The molecular formula is C24H33N5O5. The molecule has 0 saturated carbocycles. The van der Waals surface area contributed by atoms with Gasteiger partial charge in [0.15, 0.2) is 0 Å². The summed E-state index contributed by atoms with van der Waals surface area (Å²) in [4.78, 5) is 29.7. The molecule has 2 aromatic rings. The van der Waals surface area contributed by atoms with Gasteiger partial charge < -0.3 is 35.1 Å². The summed E-state index contributed by atoms with van der Waals surface area (Å²) in [6, 6.07) is 9.87. The Labute approximate surface area is 200 Å². The molecule has 1 heterocycles. The van der Waals surface area contributed by atoms with Crippen molar-refractivity contribution in [1.82, 2.24) is 10.2 Å². The zero-order chi connectivity index (χ0) is 24.5. The van der Waals surface area contributed by atoms with Crippen LogP contribution in [0.3, 0.4) is 0 Å². The summed E-state index contributed by atoms with van der Waals surface area (Å²) in [5.41, 5.74) is 2.25. The van der Waals surface area contributed by atoms with Gasteiger partial charge in [0.05, 0.1) is 33.0 Å². The number of hydrogen-bond acceptors (Lipinski definition) is 7. The number of anilines is 3. The third-order valence-electron chi connectivity index (χ3n) is 5.41. The molecule has 1 aliphatic rings. The summed E-state index contributed by atoms with van der Waals surface area (Å²) in [6.07, 6.45) is 0. The molecule has 2 aromatic carbocycles. The first-order valence-corrected chi connectivity index (χ1v) is 11.1. The van der Waals surface area contributed by atoms with E-state index in [1.165, 1.54) is 0 Å². The average molecular weight is 472 g/mol. The zero-order valence-electron chi connectivity index (χ0n) is 20.1. The molecule has 3 rings (SSSR count). The quantitative estimate of drug-likeness (QED) is 0.516. The molecule has 3 amide bonds. The Balaban J connectivity index is 1.66.